The summed E-state index contributed by atoms with van der Waals surface area (Å²) in [5.74, 6) is 1.73. The zero-order valence-electron chi connectivity index (χ0n) is 11.7. The van der Waals surface area contributed by atoms with E-state index in [1.807, 2.05) is 24.3 Å². The van der Waals surface area contributed by atoms with Crippen LogP contribution in [0.2, 0.25) is 0 Å². The number of thiophene rings is 1. The SMILES string of the molecule is COc1cccc(Nc2ncnc3sc4c(c23)CCC4)c1. The lowest BCUT2D eigenvalue weighted by atomic mass is 10.2. The summed E-state index contributed by atoms with van der Waals surface area (Å²) in [6, 6.07) is 7.89. The lowest BCUT2D eigenvalue weighted by Crippen LogP contribution is -1.96. The van der Waals surface area contributed by atoms with Gasteiger partial charge in [0, 0.05) is 16.6 Å². The molecule has 0 aliphatic heterocycles. The average molecular weight is 297 g/mol. The van der Waals surface area contributed by atoms with Crippen molar-refractivity contribution in [2.45, 2.75) is 19.3 Å². The van der Waals surface area contributed by atoms with Crippen molar-refractivity contribution in [3.63, 3.8) is 0 Å². The molecule has 0 saturated carbocycles. The summed E-state index contributed by atoms with van der Waals surface area (Å²) in [6.45, 7) is 0. The number of methoxy groups -OCH3 is 1. The molecular formula is C16H15N3OS. The van der Waals surface area contributed by atoms with Gasteiger partial charge >= 0.3 is 0 Å². The van der Waals surface area contributed by atoms with Gasteiger partial charge in [0.1, 0.15) is 22.7 Å². The number of aryl methyl sites for hydroxylation is 2. The Morgan fingerprint density at radius 1 is 1.24 bits per heavy atom. The molecule has 0 amide bonds. The van der Waals surface area contributed by atoms with Gasteiger partial charge in [-0.2, -0.15) is 0 Å². The number of benzene rings is 1. The third-order valence-corrected chi connectivity index (χ3v) is 5.03. The molecule has 0 saturated heterocycles. The molecule has 21 heavy (non-hydrogen) atoms. The Balaban J connectivity index is 1.79. The minimum absolute atomic E-state index is 0.834. The van der Waals surface area contributed by atoms with E-state index in [-0.39, 0.29) is 0 Å². The molecule has 0 spiro atoms. The summed E-state index contributed by atoms with van der Waals surface area (Å²) in [5, 5.41) is 4.61. The maximum atomic E-state index is 5.27. The first-order valence-electron chi connectivity index (χ1n) is 7.01. The van der Waals surface area contributed by atoms with Crippen LogP contribution in [0.4, 0.5) is 11.5 Å². The van der Waals surface area contributed by atoms with Crippen LogP contribution in [0.25, 0.3) is 10.2 Å². The first-order valence-corrected chi connectivity index (χ1v) is 7.83. The molecule has 106 valence electrons. The van der Waals surface area contributed by atoms with E-state index < -0.39 is 0 Å². The third kappa shape index (κ3) is 2.14. The van der Waals surface area contributed by atoms with E-state index in [0.29, 0.717) is 0 Å². The van der Waals surface area contributed by atoms with Crippen molar-refractivity contribution in [3.05, 3.63) is 41.0 Å². The van der Waals surface area contributed by atoms with Crippen molar-refractivity contribution in [2.24, 2.45) is 0 Å². The Bertz CT molecular complexity index is 812. The molecule has 5 heteroatoms. The predicted molar refractivity (Wildman–Crippen MR) is 85.7 cm³/mol. The molecule has 1 aromatic carbocycles. The van der Waals surface area contributed by atoms with Crippen LogP contribution in [0.15, 0.2) is 30.6 Å². The number of rotatable bonds is 3. The molecule has 1 aliphatic rings. The number of hydrogen-bond donors (Lipinski definition) is 1. The van der Waals surface area contributed by atoms with Crippen LogP contribution in [-0.4, -0.2) is 17.1 Å². The van der Waals surface area contributed by atoms with Gasteiger partial charge in [-0.3, -0.25) is 0 Å². The van der Waals surface area contributed by atoms with Crippen LogP contribution in [0, 0.1) is 0 Å². The largest absolute Gasteiger partial charge is 0.497 e. The number of ether oxygens (including phenoxy) is 1. The van der Waals surface area contributed by atoms with Gasteiger partial charge in [-0.25, -0.2) is 9.97 Å². The first kappa shape index (κ1) is 12.6. The smallest absolute Gasteiger partial charge is 0.142 e. The van der Waals surface area contributed by atoms with Gasteiger partial charge in [-0.15, -0.1) is 11.3 Å². The summed E-state index contributed by atoms with van der Waals surface area (Å²) in [5.41, 5.74) is 2.41. The van der Waals surface area contributed by atoms with E-state index >= 15 is 0 Å². The van der Waals surface area contributed by atoms with Crippen LogP contribution in [0.1, 0.15) is 16.9 Å². The molecule has 2 aromatic heterocycles. The molecule has 4 nitrogen and oxygen atoms in total. The van der Waals surface area contributed by atoms with Crippen molar-refractivity contribution in [1.29, 1.82) is 0 Å². The highest BCUT2D eigenvalue weighted by Gasteiger charge is 2.21. The highest BCUT2D eigenvalue weighted by Crippen LogP contribution is 2.39. The van der Waals surface area contributed by atoms with Gasteiger partial charge in [0.15, 0.2) is 0 Å². The molecule has 0 unspecified atom stereocenters. The summed E-state index contributed by atoms with van der Waals surface area (Å²) in [7, 11) is 1.67. The van der Waals surface area contributed by atoms with Crippen LogP contribution in [0.3, 0.4) is 0 Å². The zero-order chi connectivity index (χ0) is 14.2. The van der Waals surface area contributed by atoms with E-state index in [1.54, 1.807) is 24.8 Å². The second-order valence-electron chi connectivity index (χ2n) is 5.12. The van der Waals surface area contributed by atoms with Crippen molar-refractivity contribution < 1.29 is 4.74 Å². The standard InChI is InChI=1S/C16H15N3OS/c1-20-11-5-2-4-10(8-11)19-15-14-12-6-3-7-13(12)21-16(14)18-9-17-15/h2,4-5,8-9H,3,6-7H2,1H3,(H,17,18,19). The fraction of sp³-hybridized carbons (Fsp3) is 0.250. The summed E-state index contributed by atoms with van der Waals surface area (Å²) in [6.07, 6.45) is 5.19. The lowest BCUT2D eigenvalue weighted by molar-refractivity contribution is 0.415. The third-order valence-electron chi connectivity index (χ3n) is 3.83. The second-order valence-corrected chi connectivity index (χ2v) is 6.20. The van der Waals surface area contributed by atoms with Crippen LogP contribution in [0.5, 0.6) is 5.75 Å². The molecule has 3 aromatic rings. The topological polar surface area (TPSA) is 47.0 Å². The van der Waals surface area contributed by atoms with E-state index in [4.69, 9.17) is 4.74 Å². The monoisotopic (exact) mass is 297 g/mol. The fourth-order valence-corrected chi connectivity index (χ4v) is 4.09. The van der Waals surface area contributed by atoms with E-state index in [1.165, 1.54) is 28.7 Å². The molecule has 0 bridgehead atoms. The van der Waals surface area contributed by atoms with Crippen LogP contribution in [-0.2, 0) is 12.8 Å². The number of nitrogens with zero attached hydrogens (tertiary/aromatic N) is 2. The molecular weight excluding hydrogens is 282 g/mol. The normalized spacial score (nSPS) is 13.4. The quantitative estimate of drug-likeness (QED) is 0.795. The fourth-order valence-electron chi connectivity index (χ4n) is 2.86. The van der Waals surface area contributed by atoms with Crippen molar-refractivity contribution in [3.8, 4) is 5.75 Å². The molecule has 1 aliphatic carbocycles. The van der Waals surface area contributed by atoms with Gasteiger partial charge in [0.2, 0.25) is 0 Å². The van der Waals surface area contributed by atoms with Gasteiger partial charge < -0.3 is 10.1 Å². The molecule has 2 heterocycles. The van der Waals surface area contributed by atoms with Crippen LogP contribution < -0.4 is 10.1 Å². The van der Waals surface area contributed by atoms with Crippen LogP contribution >= 0.6 is 11.3 Å². The minimum atomic E-state index is 0.834. The maximum absolute atomic E-state index is 5.27. The summed E-state index contributed by atoms with van der Waals surface area (Å²) in [4.78, 5) is 11.4. The summed E-state index contributed by atoms with van der Waals surface area (Å²) >= 11 is 1.80. The molecule has 4 rings (SSSR count). The highest BCUT2D eigenvalue weighted by atomic mass is 32.1. The predicted octanol–water partition coefficient (Wildman–Crippen LogP) is 3.93. The van der Waals surface area contributed by atoms with E-state index in [9.17, 15) is 0 Å². The maximum Gasteiger partial charge on any atom is 0.142 e. The first-order chi connectivity index (χ1) is 10.3. The molecule has 0 radical (unpaired) electrons. The van der Waals surface area contributed by atoms with Gasteiger partial charge in [-0.05, 0) is 37.0 Å². The Hall–Kier alpha value is -2.14. The minimum Gasteiger partial charge on any atom is -0.497 e. The number of fused-ring (bicyclic) bond motifs is 3. The summed E-state index contributed by atoms with van der Waals surface area (Å²) < 4.78 is 5.27. The Labute approximate surface area is 126 Å². The van der Waals surface area contributed by atoms with Crippen molar-refractivity contribution in [2.75, 3.05) is 12.4 Å². The number of aromatic nitrogens is 2. The Morgan fingerprint density at radius 3 is 3.10 bits per heavy atom. The van der Waals surface area contributed by atoms with Gasteiger partial charge in [0.25, 0.3) is 0 Å². The number of hydrogen-bond acceptors (Lipinski definition) is 5. The van der Waals surface area contributed by atoms with Crippen molar-refractivity contribution >= 4 is 33.1 Å². The second kappa shape index (κ2) is 5.00. The lowest BCUT2D eigenvalue weighted by Gasteiger charge is -2.09. The van der Waals surface area contributed by atoms with Crippen molar-refractivity contribution in [1.82, 2.24) is 9.97 Å². The molecule has 0 fully saturated rings. The van der Waals surface area contributed by atoms with Gasteiger partial charge in [0.05, 0.1) is 12.5 Å². The van der Waals surface area contributed by atoms with Gasteiger partial charge in [-0.1, -0.05) is 6.07 Å². The average Bonchev–Trinajstić information content (AvgIpc) is 3.08. The zero-order valence-corrected chi connectivity index (χ0v) is 12.5. The Kier molecular flexibility index (Phi) is 3.00. The number of anilines is 2. The van der Waals surface area contributed by atoms with E-state index in [0.717, 1.165) is 28.5 Å². The number of nitrogens with one attached hydrogen (secondary N) is 1. The van der Waals surface area contributed by atoms with E-state index in [2.05, 4.69) is 15.3 Å². The highest BCUT2D eigenvalue weighted by molar-refractivity contribution is 7.19. The molecule has 0 atom stereocenters. The Morgan fingerprint density at radius 2 is 2.19 bits per heavy atom. The molecule has 1 N–H and O–H groups in total.